The van der Waals surface area contributed by atoms with Crippen molar-refractivity contribution >= 4 is 28.7 Å². The summed E-state index contributed by atoms with van der Waals surface area (Å²) in [5.74, 6) is 0.146. The SMILES string of the molecule is COc1ccc(C2(C(=O)N3C[C@H](F)C[C@@H]3C(=O)Nc3ccc4[nH]ncc4n3)CCCCC2)cn1. The van der Waals surface area contributed by atoms with Crippen LogP contribution in [0.5, 0.6) is 5.88 Å². The van der Waals surface area contributed by atoms with E-state index in [-0.39, 0.29) is 18.9 Å². The van der Waals surface area contributed by atoms with Crippen LogP contribution in [0.15, 0.2) is 36.7 Å². The first kappa shape index (κ1) is 22.2. The molecule has 0 unspecified atom stereocenters. The summed E-state index contributed by atoms with van der Waals surface area (Å²) in [6, 6.07) is 6.10. The topological polar surface area (TPSA) is 113 Å². The molecule has 1 saturated carbocycles. The zero-order valence-corrected chi connectivity index (χ0v) is 19.0. The average Bonchev–Trinajstić information content (AvgIpc) is 3.50. The molecule has 3 aromatic rings. The largest absolute Gasteiger partial charge is 0.481 e. The molecule has 1 saturated heterocycles. The van der Waals surface area contributed by atoms with Gasteiger partial charge in [-0.3, -0.25) is 14.7 Å². The van der Waals surface area contributed by atoms with Crippen LogP contribution in [-0.2, 0) is 15.0 Å². The number of aromatic nitrogens is 4. The molecule has 0 bridgehead atoms. The highest BCUT2D eigenvalue weighted by molar-refractivity contribution is 5.99. The summed E-state index contributed by atoms with van der Waals surface area (Å²) in [5, 5.41) is 9.49. The van der Waals surface area contributed by atoms with Crippen molar-refractivity contribution in [1.82, 2.24) is 25.1 Å². The van der Waals surface area contributed by atoms with Crippen molar-refractivity contribution in [1.29, 1.82) is 0 Å². The standard InChI is InChI=1S/C24H27FN6O3/c1-34-21-8-5-15(12-26-21)24(9-3-2-4-10-24)23(33)31-14-16(25)11-19(31)22(32)29-20-7-6-17-18(28-20)13-27-30-17/h5-8,12-13,16,19H,2-4,9-11,14H2,1H3,(H,27,30)(H,28,29,32)/t16-,19-/m1/s1. The number of halogens is 1. The molecule has 2 atom stereocenters. The summed E-state index contributed by atoms with van der Waals surface area (Å²) in [6.07, 6.45) is 6.01. The van der Waals surface area contributed by atoms with Crippen LogP contribution in [0.25, 0.3) is 11.0 Å². The number of nitrogens with zero attached hydrogens (tertiary/aromatic N) is 4. The third-order valence-corrected chi connectivity index (χ3v) is 6.98. The zero-order valence-electron chi connectivity index (χ0n) is 19.0. The first-order chi connectivity index (χ1) is 16.5. The molecule has 2 N–H and O–H groups in total. The van der Waals surface area contributed by atoms with Gasteiger partial charge in [0.25, 0.3) is 0 Å². The van der Waals surface area contributed by atoms with Crippen LogP contribution in [0.2, 0.25) is 0 Å². The Labute approximate surface area is 196 Å². The smallest absolute Gasteiger partial charge is 0.248 e. The number of methoxy groups -OCH3 is 1. The Bertz CT molecular complexity index is 1190. The number of hydrogen-bond acceptors (Lipinski definition) is 6. The summed E-state index contributed by atoms with van der Waals surface area (Å²) in [7, 11) is 1.54. The Kier molecular flexibility index (Phi) is 5.89. The maximum Gasteiger partial charge on any atom is 0.248 e. The minimum Gasteiger partial charge on any atom is -0.481 e. The number of aromatic amines is 1. The van der Waals surface area contributed by atoms with Gasteiger partial charge in [0.2, 0.25) is 17.7 Å². The van der Waals surface area contributed by atoms with E-state index >= 15 is 0 Å². The Balaban J connectivity index is 1.41. The normalized spacial score (nSPS) is 22.0. The number of anilines is 1. The number of hydrogen-bond donors (Lipinski definition) is 2. The van der Waals surface area contributed by atoms with Crippen LogP contribution in [0, 0.1) is 0 Å². The maximum absolute atomic E-state index is 14.6. The van der Waals surface area contributed by atoms with E-state index in [2.05, 4.69) is 25.5 Å². The number of fused-ring (bicyclic) bond motifs is 1. The molecule has 178 valence electrons. The molecule has 2 amide bonds. The van der Waals surface area contributed by atoms with Gasteiger partial charge in [0, 0.05) is 18.7 Å². The van der Waals surface area contributed by atoms with Crippen molar-refractivity contribution in [2.75, 3.05) is 19.0 Å². The molecular weight excluding hydrogens is 439 g/mol. The minimum atomic E-state index is -1.27. The van der Waals surface area contributed by atoms with Crippen LogP contribution < -0.4 is 10.1 Å². The van der Waals surface area contributed by atoms with Gasteiger partial charge in [0.15, 0.2) is 0 Å². The molecule has 34 heavy (non-hydrogen) atoms. The highest BCUT2D eigenvalue weighted by Gasteiger charge is 2.49. The number of rotatable bonds is 5. The third kappa shape index (κ3) is 3.97. The molecule has 4 heterocycles. The molecule has 1 aliphatic heterocycles. The van der Waals surface area contributed by atoms with Gasteiger partial charge in [-0.25, -0.2) is 14.4 Å². The molecular formula is C24H27FN6O3. The van der Waals surface area contributed by atoms with Crippen molar-refractivity contribution < 1.29 is 18.7 Å². The Morgan fingerprint density at radius 1 is 1.18 bits per heavy atom. The molecule has 1 aliphatic carbocycles. The van der Waals surface area contributed by atoms with Gasteiger partial charge in [0.1, 0.15) is 23.5 Å². The Hall–Kier alpha value is -3.56. The second-order valence-electron chi connectivity index (χ2n) is 9.03. The summed E-state index contributed by atoms with van der Waals surface area (Å²) in [5.41, 5.74) is 1.31. The Morgan fingerprint density at radius 2 is 2.00 bits per heavy atom. The fourth-order valence-corrected chi connectivity index (χ4v) is 5.21. The van der Waals surface area contributed by atoms with E-state index in [0.717, 1.165) is 30.3 Å². The lowest BCUT2D eigenvalue weighted by molar-refractivity contribution is -0.143. The predicted octanol–water partition coefficient (Wildman–Crippen LogP) is 3.14. The quantitative estimate of drug-likeness (QED) is 0.597. The highest BCUT2D eigenvalue weighted by Crippen LogP contribution is 2.42. The van der Waals surface area contributed by atoms with E-state index < -0.39 is 23.5 Å². The van der Waals surface area contributed by atoms with Gasteiger partial charge in [-0.05, 0) is 30.5 Å². The van der Waals surface area contributed by atoms with Crippen molar-refractivity contribution in [3.8, 4) is 5.88 Å². The van der Waals surface area contributed by atoms with Crippen molar-refractivity contribution in [2.45, 2.75) is 56.2 Å². The lowest BCUT2D eigenvalue weighted by atomic mass is 9.68. The molecule has 3 aromatic heterocycles. The van der Waals surface area contributed by atoms with Crippen LogP contribution in [0.1, 0.15) is 44.1 Å². The number of carbonyl (C=O) groups is 2. The second kappa shape index (κ2) is 9.00. The number of carbonyl (C=O) groups excluding carboxylic acids is 2. The number of nitrogens with one attached hydrogen (secondary N) is 2. The van der Waals surface area contributed by atoms with Gasteiger partial charge in [-0.1, -0.05) is 25.3 Å². The van der Waals surface area contributed by atoms with Gasteiger partial charge >= 0.3 is 0 Å². The van der Waals surface area contributed by atoms with Gasteiger partial charge in [-0.15, -0.1) is 0 Å². The van der Waals surface area contributed by atoms with E-state index in [1.807, 2.05) is 6.07 Å². The minimum absolute atomic E-state index is 0.0392. The average molecular weight is 467 g/mol. The predicted molar refractivity (Wildman–Crippen MR) is 123 cm³/mol. The molecule has 0 spiro atoms. The summed E-state index contributed by atoms with van der Waals surface area (Å²) in [4.78, 5) is 37.3. The van der Waals surface area contributed by atoms with E-state index in [1.165, 1.54) is 12.0 Å². The molecule has 10 heteroatoms. The van der Waals surface area contributed by atoms with Crippen LogP contribution >= 0.6 is 0 Å². The monoisotopic (exact) mass is 466 g/mol. The molecule has 0 radical (unpaired) electrons. The van der Waals surface area contributed by atoms with E-state index in [1.54, 1.807) is 30.6 Å². The number of amides is 2. The molecule has 0 aromatic carbocycles. The lowest BCUT2D eigenvalue weighted by Gasteiger charge is -2.40. The number of alkyl halides is 1. The van der Waals surface area contributed by atoms with Crippen molar-refractivity contribution in [3.05, 3.63) is 42.2 Å². The fourth-order valence-electron chi connectivity index (χ4n) is 5.21. The first-order valence-electron chi connectivity index (χ1n) is 11.6. The number of H-pyrrole nitrogens is 1. The van der Waals surface area contributed by atoms with Gasteiger partial charge in [-0.2, -0.15) is 5.10 Å². The second-order valence-corrected chi connectivity index (χ2v) is 9.03. The van der Waals surface area contributed by atoms with Crippen LogP contribution in [0.3, 0.4) is 0 Å². The third-order valence-electron chi connectivity index (χ3n) is 6.98. The molecule has 5 rings (SSSR count). The summed E-state index contributed by atoms with van der Waals surface area (Å²) in [6.45, 7) is -0.101. The zero-order chi connectivity index (χ0) is 23.7. The van der Waals surface area contributed by atoms with Crippen LogP contribution in [-0.4, -0.2) is 62.7 Å². The summed E-state index contributed by atoms with van der Waals surface area (Å²) >= 11 is 0. The van der Waals surface area contributed by atoms with Crippen molar-refractivity contribution in [2.24, 2.45) is 0 Å². The van der Waals surface area contributed by atoms with E-state index in [4.69, 9.17) is 4.74 Å². The highest BCUT2D eigenvalue weighted by atomic mass is 19.1. The van der Waals surface area contributed by atoms with E-state index in [9.17, 15) is 14.0 Å². The van der Waals surface area contributed by atoms with Gasteiger partial charge in [0.05, 0.1) is 30.8 Å². The summed E-state index contributed by atoms with van der Waals surface area (Å²) < 4.78 is 19.8. The molecule has 2 fully saturated rings. The van der Waals surface area contributed by atoms with Crippen LogP contribution in [0.4, 0.5) is 10.2 Å². The number of ether oxygens (including phenoxy) is 1. The maximum atomic E-state index is 14.6. The lowest BCUT2D eigenvalue weighted by Crippen LogP contribution is -2.52. The number of pyridine rings is 2. The van der Waals surface area contributed by atoms with E-state index in [0.29, 0.717) is 30.1 Å². The first-order valence-corrected chi connectivity index (χ1v) is 11.6. The molecule has 9 nitrogen and oxygen atoms in total. The number of likely N-dealkylation sites (tertiary alicyclic amines) is 1. The Morgan fingerprint density at radius 3 is 2.74 bits per heavy atom. The molecule has 2 aliphatic rings. The van der Waals surface area contributed by atoms with Gasteiger partial charge < -0.3 is 15.0 Å². The van der Waals surface area contributed by atoms with Crippen molar-refractivity contribution in [3.63, 3.8) is 0 Å². The fraction of sp³-hybridized carbons (Fsp3) is 0.458.